The molecule has 0 aliphatic carbocycles. The molecule has 1 aromatic heterocycles. The maximum atomic E-state index is 12.6. The molecule has 5 heteroatoms. The van der Waals surface area contributed by atoms with Gasteiger partial charge >= 0.3 is 0 Å². The number of carbonyl (C=O) groups is 1. The van der Waals surface area contributed by atoms with E-state index in [0.29, 0.717) is 11.6 Å². The topological polar surface area (TPSA) is 41.4 Å². The first-order valence-electron chi connectivity index (χ1n) is 10.5. The van der Waals surface area contributed by atoms with Crippen molar-refractivity contribution in [3.05, 3.63) is 65.5 Å². The van der Waals surface area contributed by atoms with Crippen LogP contribution in [0.2, 0.25) is 0 Å². The molecule has 0 unspecified atom stereocenters. The average molecular weight is 391 g/mol. The first kappa shape index (κ1) is 19.6. The van der Waals surface area contributed by atoms with Gasteiger partial charge < -0.3 is 4.90 Å². The maximum absolute atomic E-state index is 12.6. The van der Waals surface area contributed by atoms with E-state index < -0.39 is 0 Å². The number of carbonyl (C=O) groups excluding carboxylic acids is 1. The Morgan fingerprint density at radius 3 is 2.52 bits per heavy atom. The van der Waals surface area contributed by atoms with Gasteiger partial charge in [0.2, 0.25) is 0 Å². The highest BCUT2D eigenvalue weighted by Crippen LogP contribution is 2.22. The van der Waals surface area contributed by atoms with Crippen molar-refractivity contribution in [3.63, 3.8) is 0 Å². The molecule has 5 nitrogen and oxygen atoms in total. The second kappa shape index (κ2) is 8.37. The summed E-state index contributed by atoms with van der Waals surface area (Å²) in [5, 5.41) is 6.93. The molecule has 3 aromatic rings. The quantitative estimate of drug-likeness (QED) is 0.664. The fourth-order valence-corrected chi connectivity index (χ4v) is 4.25. The standard InChI is InChI=1S/C24H30N4O/c1-18-14-23(25-27(18)3)24(29)26(2)16-19-10-12-28(13-11-19)17-20-8-9-21-6-4-5-7-22(21)15-20/h4-9,14-15,19H,10-13,16-17H2,1-3H3. The lowest BCUT2D eigenvalue weighted by atomic mass is 9.95. The third-order valence-electron chi connectivity index (χ3n) is 6.14. The van der Waals surface area contributed by atoms with Gasteiger partial charge in [0.05, 0.1) is 0 Å². The second-order valence-electron chi connectivity index (χ2n) is 8.38. The monoisotopic (exact) mass is 390 g/mol. The van der Waals surface area contributed by atoms with Gasteiger partial charge in [-0.05, 0) is 67.2 Å². The van der Waals surface area contributed by atoms with E-state index in [4.69, 9.17) is 0 Å². The van der Waals surface area contributed by atoms with Gasteiger partial charge in [-0.3, -0.25) is 14.4 Å². The van der Waals surface area contributed by atoms with Crippen LogP contribution in [0.25, 0.3) is 10.8 Å². The van der Waals surface area contributed by atoms with Crippen LogP contribution in [0.1, 0.15) is 34.6 Å². The van der Waals surface area contributed by atoms with E-state index in [1.807, 2.05) is 32.0 Å². The number of piperidine rings is 1. The molecule has 2 heterocycles. The fraction of sp³-hybridized carbons (Fsp3) is 0.417. The molecule has 0 bridgehead atoms. The van der Waals surface area contributed by atoms with Gasteiger partial charge in [-0.1, -0.05) is 36.4 Å². The summed E-state index contributed by atoms with van der Waals surface area (Å²) in [7, 11) is 3.77. The smallest absolute Gasteiger partial charge is 0.274 e. The Morgan fingerprint density at radius 2 is 1.83 bits per heavy atom. The highest BCUT2D eigenvalue weighted by atomic mass is 16.2. The largest absolute Gasteiger partial charge is 0.340 e. The van der Waals surface area contributed by atoms with Crippen molar-refractivity contribution in [2.75, 3.05) is 26.7 Å². The zero-order chi connectivity index (χ0) is 20.4. The summed E-state index contributed by atoms with van der Waals surface area (Å²) in [5.74, 6) is 0.578. The number of aromatic nitrogens is 2. The molecule has 1 amide bonds. The Morgan fingerprint density at radius 1 is 1.10 bits per heavy atom. The Hall–Kier alpha value is -2.66. The van der Waals surface area contributed by atoms with Crippen molar-refractivity contribution in [2.24, 2.45) is 13.0 Å². The van der Waals surface area contributed by atoms with Crippen LogP contribution in [0.4, 0.5) is 0 Å². The average Bonchev–Trinajstić information content (AvgIpc) is 3.07. The molecule has 1 saturated heterocycles. The van der Waals surface area contributed by atoms with Gasteiger partial charge in [0.25, 0.3) is 5.91 Å². The molecule has 1 fully saturated rings. The van der Waals surface area contributed by atoms with E-state index in [9.17, 15) is 4.79 Å². The van der Waals surface area contributed by atoms with Crippen LogP contribution >= 0.6 is 0 Å². The summed E-state index contributed by atoms with van der Waals surface area (Å²) in [6, 6.07) is 17.2. The molecular formula is C24H30N4O. The number of rotatable bonds is 5. The number of aryl methyl sites for hydroxylation is 2. The molecule has 0 radical (unpaired) electrons. The van der Waals surface area contributed by atoms with Crippen LogP contribution in [-0.4, -0.2) is 52.2 Å². The Bertz CT molecular complexity index is 982. The van der Waals surface area contributed by atoms with Crippen LogP contribution in [0.5, 0.6) is 0 Å². The highest BCUT2D eigenvalue weighted by molar-refractivity contribution is 5.92. The molecule has 0 N–H and O–H groups in total. The Labute approximate surface area is 172 Å². The summed E-state index contributed by atoms with van der Waals surface area (Å²) in [4.78, 5) is 17.0. The van der Waals surface area contributed by atoms with Gasteiger partial charge in [-0.15, -0.1) is 0 Å². The van der Waals surface area contributed by atoms with E-state index in [-0.39, 0.29) is 5.91 Å². The van der Waals surface area contributed by atoms with Gasteiger partial charge in [-0.25, -0.2) is 0 Å². The van der Waals surface area contributed by atoms with E-state index >= 15 is 0 Å². The lowest BCUT2D eigenvalue weighted by molar-refractivity contribution is 0.0731. The maximum Gasteiger partial charge on any atom is 0.274 e. The predicted molar refractivity (Wildman–Crippen MR) is 117 cm³/mol. The van der Waals surface area contributed by atoms with Gasteiger partial charge in [0, 0.05) is 32.9 Å². The number of hydrogen-bond donors (Lipinski definition) is 0. The summed E-state index contributed by atoms with van der Waals surface area (Å²) in [6.07, 6.45) is 2.26. The Balaban J connectivity index is 1.29. The second-order valence-corrected chi connectivity index (χ2v) is 8.38. The van der Waals surface area contributed by atoms with E-state index in [0.717, 1.165) is 44.7 Å². The van der Waals surface area contributed by atoms with Crippen LogP contribution in [0.3, 0.4) is 0 Å². The summed E-state index contributed by atoms with van der Waals surface area (Å²) in [6.45, 7) is 5.94. The molecular weight excluding hydrogens is 360 g/mol. The van der Waals surface area contributed by atoms with E-state index in [2.05, 4.69) is 52.5 Å². The van der Waals surface area contributed by atoms with Crippen LogP contribution in [-0.2, 0) is 13.6 Å². The summed E-state index contributed by atoms with van der Waals surface area (Å²) >= 11 is 0. The number of hydrogen-bond acceptors (Lipinski definition) is 3. The van der Waals surface area contributed by atoms with Crippen LogP contribution in [0.15, 0.2) is 48.5 Å². The molecule has 0 atom stereocenters. The zero-order valence-corrected chi connectivity index (χ0v) is 17.6. The van der Waals surface area contributed by atoms with E-state index in [1.54, 1.807) is 4.68 Å². The molecule has 152 valence electrons. The summed E-state index contributed by atoms with van der Waals surface area (Å²) < 4.78 is 1.76. The summed E-state index contributed by atoms with van der Waals surface area (Å²) in [5.41, 5.74) is 2.92. The highest BCUT2D eigenvalue weighted by Gasteiger charge is 2.23. The van der Waals surface area contributed by atoms with Crippen molar-refractivity contribution in [1.82, 2.24) is 19.6 Å². The van der Waals surface area contributed by atoms with Crippen molar-refractivity contribution < 1.29 is 4.79 Å². The molecule has 1 aliphatic heterocycles. The number of likely N-dealkylation sites (tertiary alicyclic amines) is 1. The molecule has 2 aromatic carbocycles. The molecule has 0 saturated carbocycles. The molecule has 1 aliphatic rings. The Kier molecular flexibility index (Phi) is 5.67. The first-order valence-corrected chi connectivity index (χ1v) is 10.5. The van der Waals surface area contributed by atoms with Crippen molar-refractivity contribution in [1.29, 1.82) is 0 Å². The van der Waals surface area contributed by atoms with Crippen molar-refractivity contribution in [2.45, 2.75) is 26.3 Å². The number of amides is 1. The van der Waals surface area contributed by atoms with E-state index in [1.165, 1.54) is 16.3 Å². The zero-order valence-electron chi connectivity index (χ0n) is 17.6. The normalized spacial score (nSPS) is 15.7. The van der Waals surface area contributed by atoms with Crippen LogP contribution < -0.4 is 0 Å². The minimum absolute atomic E-state index is 0.0206. The lowest BCUT2D eigenvalue weighted by Crippen LogP contribution is -2.39. The number of nitrogens with zero attached hydrogens (tertiary/aromatic N) is 4. The fourth-order valence-electron chi connectivity index (χ4n) is 4.25. The van der Waals surface area contributed by atoms with Gasteiger partial charge in [-0.2, -0.15) is 5.10 Å². The minimum Gasteiger partial charge on any atom is -0.340 e. The first-order chi connectivity index (χ1) is 14.0. The number of benzene rings is 2. The van der Waals surface area contributed by atoms with Crippen LogP contribution in [0, 0.1) is 12.8 Å². The molecule has 29 heavy (non-hydrogen) atoms. The third kappa shape index (κ3) is 4.51. The number of fused-ring (bicyclic) bond motifs is 1. The molecule has 4 rings (SSSR count). The third-order valence-corrected chi connectivity index (χ3v) is 6.14. The predicted octanol–water partition coefficient (Wildman–Crippen LogP) is 3.87. The van der Waals surface area contributed by atoms with Gasteiger partial charge in [0.15, 0.2) is 5.69 Å². The lowest BCUT2D eigenvalue weighted by Gasteiger charge is -2.33. The molecule has 0 spiro atoms. The minimum atomic E-state index is 0.0206. The van der Waals surface area contributed by atoms with Gasteiger partial charge in [0.1, 0.15) is 0 Å². The van der Waals surface area contributed by atoms with Crippen molar-refractivity contribution >= 4 is 16.7 Å². The SMILES string of the molecule is Cc1cc(C(=O)N(C)CC2CCN(Cc3ccc4ccccc4c3)CC2)nn1C. The van der Waals surface area contributed by atoms with Crippen molar-refractivity contribution in [3.8, 4) is 0 Å².